The largest absolute Gasteiger partial charge is 0.383 e. The zero-order valence-electron chi connectivity index (χ0n) is 9.17. The van der Waals surface area contributed by atoms with E-state index in [9.17, 15) is 4.79 Å². The molecule has 0 aliphatic heterocycles. The molecule has 5 heteroatoms. The molecule has 0 heterocycles. The minimum atomic E-state index is -0.108. The second-order valence-corrected chi connectivity index (χ2v) is 4.67. The first kappa shape index (κ1) is 13.5. The SMILES string of the molecule is COCCN(C)C(=O)c1cc(Br)ccc1Cl. The molecule has 0 spiro atoms. The van der Waals surface area contributed by atoms with Crippen LogP contribution in [0.2, 0.25) is 5.02 Å². The maximum absolute atomic E-state index is 12.0. The van der Waals surface area contributed by atoms with Crippen molar-refractivity contribution in [3.05, 3.63) is 33.3 Å². The van der Waals surface area contributed by atoms with E-state index in [0.717, 1.165) is 4.47 Å². The monoisotopic (exact) mass is 305 g/mol. The first-order chi connectivity index (χ1) is 7.56. The first-order valence-electron chi connectivity index (χ1n) is 4.75. The van der Waals surface area contributed by atoms with E-state index in [1.54, 1.807) is 37.3 Å². The molecule has 0 saturated heterocycles. The van der Waals surface area contributed by atoms with E-state index < -0.39 is 0 Å². The lowest BCUT2D eigenvalue weighted by Crippen LogP contribution is -2.30. The maximum atomic E-state index is 12.0. The van der Waals surface area contributed by atoms with Crippen LogP contribution in [0, 0.1) is 0 Å². The molecule has 0 unspecified atom stereocenters. The van der Waals surface area contributed by atoms with Crippen molar-refractivity contribution in [3.63, 3.8) is 0 Å². The Kier molecular flexibility index (Phi) is 5.25. The van der Waals surface area contributed by atoms with Crippen LogP contribution in [0.15, 0.2) is 22.7 Å². The molecule has 0 radical (unpaired) electrons. The summed E-state index contributed by atoms with van der Waals surface area (Å²) in [7, 11) is 3.32. The smallest absolute Gasteiger partial charge is 0.255 e. The third kappa shape index (κ3) is 3.47. The molecule has 0 atom stereocenters. The highest BCUT2D eigenvalue weighted by atomic mass is 79.9. The predicted molar refractivity (Wildman–Crippen MR) is 68.0 cm³/mol. The normalized spacial score (nSPS) is 10.2. The Labute approximate surface area is 108 Å². The molecule has 3 nitrogen and oxygen atoms in total. The number of carbonyl (C=O) groups is 1. The van der Waals surface area contributed by atoms with Crippen molar-refractivity contribution < 1.29 is 9.53 Å². The molecule has 0 N–H and O–H groups in total. The van der Waals surface area contributed by atoms with Crippen LogP contribution in [0.5, 0.6) is 0 Å². The fraction of sp³-hybridized carbons (Fsp3) is 0.364. The minimum Gasteiger partial charge on any atom is -0.383 e. The van der Waals surface area contributed by atoms with E-state index >= 15 is 0 Å². The Morgan fingerprint density at radius 1 is 1.56 bits per heavy atom. The molecule has 0 bridgehead atoms. The molecule has 0 aliphatic carbocycles. The Morgan fingerprint density at radius 3 is 2.88 bits per heavy atom. The quantitative estimate of drug-likeness (QED) is 0.856. The molecular weight excluding hydrogens is 293 g/mol. The number of benzene rings is 1. The fourth-order valence-corrected chi connectivity index (χ4v) is 1.76. The zero-order valence-corrected chi connectivity index (χ0v) is 11.5. The average molecular weight is 307 g/mol. The van der Waals surface area contributed by atoms with Crippen LogP contribution < -0.4 is 0 Å². The van der Waals surface area contributed by atoms with Gasteiger partial charge in [-0.05, 0) is 18.2 Å². The summed E-state index contributed by atoms with van der Waals surface area (Å²) in [6, 6.07) is 5.21. The number of halogens is 2. The van der Waals surface area contributed by atoms with E-state index in [4.69, 9.17) is 16.3 Å². The predicted octanol–water partition coefficient (Wildman–Crippen LogP) is 2.82. The van der Waals surface area contributed by atoms with Gasteiger partial charge in [0.1, 0.15) is 0 Å². The number of carbonyl (C=O) groups excluding carboxylic acids is 1. The molecule has 1 aromatic carbocycles. The Morgan fingerprint density at radius 2 is 2.25 bits per heavy atom. The molecule has 0 aromatic heterocycles. The van der Waals surface area contributed by atoms with Crippen molar-refractivity contribution in [3.8, 4) is 0 Å². The highest BCUT2D eigenvalue weighted by Crippen LogP contribution is 2.22. The Balaban J connectivity index is 2.83. The van der Waals surface area contributed by atoms with Crippen LogP contribution in [0.4, 0.5) is 0 Å². The van der Waals surface area contributed by atoms with Crippen molar-refractivity contribution in [1.82, 2.24) is 4.90 Å². The van der Waals surface area contributed by atoms with Crippen LogP contribution in [0.1, 0.15) is 10.4 Å². The van der Waals surface area contributed by atoms with Gasteiger partial charge in [0.05, 0.1) is 17.2 Å². The topological polar surface area (TPSA) is 29.5 Å². The van der Waals surface area contributed by atoms with E-state index in [0.29, 0.717) is 23.7 Å². The highest BCUT2D eigenvalue weighted by molar-refractivity contribution is 9.10. The molecule has 0 fully saturated rings. The highest BCUT2D eigenvalue weighted by Gasteiger charge is 2.14. The second kappa shape index (κ2) is 6.23. The zero-order chi connectivity index (χ0) is 12.1. The number of methoxy groups -OCH3 is 1. The molecule has 0 saturated carbocycles. The van der Waals surface area contributed by atoms with Crippen molar-refractivity contribution in [2.75, 3.05) is 27.3 Å². The third-order valence-corrected chi connectivity index (χ3v) is 2.96. The number of rotatable bonds is 4. The maximum Gasteiger partial charge on any atom is 0.255 e. The van der Waals surface area contributed by atoms with Gasteiger partial charge in [-0.15, -0.1) is 0 Å². The van der Waals surface area contributed by atoms with Crippen LogP contribution in [0.3, 0.4) is 0 Å². The third-order valence-electron chi connectivity index (χ3n) is 2.14. The van der Waals surface area contributed by atoms with Crippen LogP contribution in [-0.4, -0.2) is 38.1 Å². The van der Waals surface area contributed by atoms with E-state index in [-0.39, 0.29) is 5.91 Å². The summed E-state index contributed by atoms with van der Waals surface area (Å²) in [5, 5.41) is 0.456. The van der Waals surface area contributed by atoms with Crippen LogP contribution in [0.25, 0.3) is 0 Å². The van der Waals surface area contributed by atoms with Crippen molar-refractivity contribution >= 4 is 33.4 Å². The van der Waals surface area contributed by atoms with E-state index in [1.807, 2.05) is 0 Å². The van der Waals surface area contributed by atoms with Gasteiger partial charge in [0.15, 0.2) is 0 Å². The molecular formula is C11H13BrClNO2. The second-order valence-electron chi connectivity index (χ2n) is 3.34. The summed E-state index contributed by atoms with van der Waals surface area (Å²) in [4.78, 5) is 13.6. The van der Waals surface area contributed by atoms with E-state index in [2.05, 4.69) is 15.9 Å². The summed E-state index contributed by atoms with van der Waals surface area (Å²) in [5.41, 5.74) is 0.495. The number of amides is 1. The van der Waals surface area contributed by atoms with E-state index in [1.165, 1.54) is 0 Å². The standard InChI is InChI=1S/C11H13BrClNO2/c1-14(5-6-16-2)11(15)9-7-8(12)3-4-10(9)13/h3-4,7H,5-6H2,1-2H3. The van der Waals surface area contributed by atoms with Crippen molar-refractivity contribution in [2.45, 2.75) is 0 Å². The van der Waals surface area contributed by atoms with Gasteiger partial charge in [-0.1, -0.05) is 27.5 Å². The summed E-state index contributed by atoms with van der Waals surface area (Å²) >= 11 is 9.28. The van der Waals surface area contributed by atoms with Gasteiger partial charge in [0.2, 0.25) is 0 Å². The van der Waals surface area contributed by atoms with Gasteiger partial charge in [-0.3, -0.25) is 4.79 Å². The van der Waals surface area contributed by atoms with Gasteiger partial charge >= 0.3 is 0 Å². The van der Waals surface area contributed by atoms with Gasteiger partial charge < -0.3 is 9.64 Å². The van der Waals surface area contributed by atoms with Crippen LogP contribution >= 0.6 is 27.5 Å². The Bertz CT molecular complexity index is 384. The van der Waals surface area contributed by atoms with Gasteiger partial charge in [-0.2, -0.15) is 0 Å². The lowest BCUT2D eigenvalue weighted by molar-refractivity contribution is 0.0744. The van der Waals surface area contributed by atoms with Gasteiger partial charge in [0, 0.05) is 25.2 Å². The molecule has 1 amide bonds. The first-order valence-corrected chi connectivity index (χ1v) is 5.93. The molecule has 1 aromatic rings. The summed E-state index contributed by atoms with van der Waals surface area (Å²) in [6.45, 7) is 1.05. The molecule has 88 valence electrons. The Hall–Kier alpha value is -0.580. The summed E-state index contributed by atoms with van der Waals surface area (Å²) in [5.74, 6) is -0.108. The van der Waals surface area contributed by atoms with Gasteiger partial charge in [-0.25, -0.2) is 0 Å². The molecule has 16 heavy (non-hydrogen) atoms. The van der Waals surface area contributed by atoms with Crippen molar-refractivity contribution in [1.29, 1.82) is 0 Å². The number of nitrogens with zero attached hydrogens (tertiary/aromatic N) is 1. The fourth-order valence-electron chi connectivity index (χ4n) is 1.20. The molecule has 1 rings (SSSR count). The lowest BCUT2D eigenvalue weighted by Gasteiger charge is -2.17. The van der Waals surface area contributed by atoms with Gasteiger partial charge in [0.25, 0.3) is 5.91 Å². The summed E-state index contributed by atoms with van der Waals surface area (Å²) < 4.78 is 5.75. The van der Waals surface area contributed by atoms with Crippen molar-refractivity contribution in [2.24, 2.45) is 0 Å². The lowest BCUT2D eigenvalue weighted by atomic mass is 10.2. The van der Waals surface area contributed by atoms with Crippen LogP contribution in [-0.2, 0) is 4.74 Å². The minimum absolute atomic E-state index is 0.108. The average Bonchev–Trinajstić information content (AvgIpc) is 2.28. The number of likely N-dealkylation sites (N-methyl/N-ethyl adjacent to an activating group) is 1. The number of ether oxygens (including phenoxy) is 1. The summed E-state index contributed by atoms with van der Waals surface area (Å²) in [6.07, 6.45) is 0. The molecule has 0 aliphatic rings. The number of hydrogen-bond donors (Lipinski definition) is 0. The number of hydrogen-bond acceptors (Lipinski definition) is 2.